The second-order valence-corrected chi connectivity index (χ2v) is 5.15. The standard InChI is InChI=1S/C14H21ClN2O3/c1-19-11-9-10(13(18)12(15)14(11)20-2)3-6-17-7-4-16-5-8-17/h9,16,18H,3-8H2,1-2H3. The van der Waals surface area contributed by atoms with Gasteiger partial charge in [-0.1, -0.05) is 11.6 Å². The number of phenols is 1. The van der Waals surface area contributed by atoms with Crippen molar-refractivity contribution in [1.29, 1.82) is 0 Å². The molecule has 1 aliphatic rings. The Kier molecular flexibility index (Phi) is 5.34. The molecule has 2 N–H and O–H groups in total. The number of ether oxygens (including phenoxy) is 2. The molecule has 0 aromatic heterocycles. The number of aromatic hydroxyl groups is 1. The summed E-state index contributed by atoms with van der Waals surface area (Å²) < 4.78 is 10.4. The molecule has 1 saturated heterocycles. The van der Waals surface area contributed by atoms with Gasteiger partial charge in [-0.25, -0.2) is 0 Å². The normalized spacial score (nSPS) is 16.1. The van der Waals surface area contributed by atoms with E-state index in [9.17, 15) is 5.11 Å². The van der Waals surface area contributed by atoms with E-state index in [0.717, 1.165) is 44.7 Å². The maximum Gasteiger partial charge on any atom is 0.183 e. The van der Waals surface area contributed by atoms with E-state index in [1.807, 2.05) is 0 Å². The second-order valence-electron chi connectivity index (χ2n) is 4.78. The Balaban J connectivity index is 2.12. The molecule has 112 valence electrons. The molecule has 2 rings (SSSR count). The van der Waals surface area contributed by atoms with Crippen LogP contribution in [0.1, 0.15) is 5.56 Å². The maximum atomic E-state index is 10.2. The van der Waals surface area contributed by atoms with Crippen LogP contribution in [0.25, 0.3) is 0 Å². The Morgan fingerprint density at radius 3 is 2.60 bits per heavy atom. The van der Waals surface area contributed by atoms with Crippen molar-refractivity contribution in [3.8, 4) is 17.2 Å². The highest BCUT2D eigenvalue weighted by Gasteiger charge is 2.18. The molecular formula is C14H21ClN2O3. The predicted octanol–water partition coefficient (Wildman–Crippen LogP) is 1.51. The quantitative estimate of drug-likeness (QED) is 0.863. The molecule has 5 nitrogen and oxygen atoms in total. The molecular weight excluding hydrogens is 280 g/mol. The molecule has 1 aromatic carbocycles. The Morgan fingerprint density at radius 2 is 2.00 bits per heavy atom. The predicted molar refractivity (Wildman–Crippen MR) is 79.2 cm³/mol. The molecule has 0 atom stereocenters. The van der Waals surface area contributed by atoms with E-state index in [2.05, 4.69) is 10.2 Å². The van der Waals surface area contributed by atoms with Crippen LogP contribution < -0.4 is 14.8 Å². The van der Waals surface area contributed by atoms with Crippen molar-refractivity contribution >= 4 is 11.6 Å². The van der Waals surface area contributed by atoms with Gasteiger partial charge >= 0.3 is 0 Å². The number of rotatable bonds is 5. The number of methoxy groups -OCH3 is 2. The Labute approximate surface area is 124 Å². The molecule has 0 unspecified atom stereocenters. The van der Waals surface area contributed by atoms with Crippen LogP contribution in [0, 0.1) is 0 Å². The zero-order chi connectivity index (χ0) is 14.5. The molecule has 1 heterocycles. The molecule has 1 aromatic rings. The molecule has 0 bridgehead atoms. The lowest BCUT2D eigenvalue weighted by atomic mass is 10.1. The van der Waals surface area contributed by atoms with Gasteiger partial charge in [0.1, 0.15) is 10.8 Å². The summed E-state index contributed by atoms with van der Waals surface area (Å²) in [5, 5.41) is 13.7. The van der Waals surface area contributed by atoms with Crippen LogP contribution >= 0.6 is 11.6 Å². The Bertz CT molecular complexity index is 462. The molecule has 1 aliphatic heterocycles. The first-order valence-electron chi connectivity index (χ1n) is 6.72. The summed E-state index contributed by atoms with van der Waals surface area (Å²) in [5.74, 6) is 1.00. The first-order valence-corrected chi connectivity index (χ1v) is 7.10. The topological polar surface area (TPSA) is 54.0 Å². The molecule has 0 aliphatic carbocycles. The van der Waals surface area contributed by atoms with Crippen molar-refractivity contribution in [3.05, 3.63) is 16.7 Å². The number of halogens is 1. The monoisotopic (exact) mass is 300 g/mol. The zero-order valence-electron chi connectivity index (χ0n) is 11.9. The van der Waals surface area contributed by atoms with Crippen molar-refractivity contribution in [2.24, 2.45) is 0 Å². The number of hydrogen-bond acceptors (Lipinski definition) is 5. The molecule has 1 fully saturated rings. The summed E-state index contributed by atoms with van der Waals surface area (Å²) in [7, 11) is 3.06. The van der Waals surface area contributed by atoms with Gasteiger partial charge in [-0.05, 0) is 12.5 Å². The summed E-state index contributed by atoms with van der Waals surface area (Å²) in [4.78, 5) is 2.36. The van der Waals surface area contributed by atoms with Gasteiger partial charge in [0, 0.05) is 38.3 Å². The fourth-order valence-electron chi connectivity index (χ4n) is 2.39. The van der Waals surface area contributed by atoms with Crippen LogP contribution in [0.5, 0.6) is 17.2 Å². The second kappa shape index (κ2) is 7.02. The van der Waals surface area contributed by atoms with Crippen molar-refractivity contribution in [2.45, 2.75) is 6.42 Å². The summed E-state index contributed by atoms with van der Waals surface area (Å²) in [6, 6.07) is 1.79. The summed E-state index contributed by atoms with van der Waals surface area (Å²) in [5.41, 5.74) is 0.784. The molecule has 0 radical (unpaired) electrons. The van der Waals surface area contributed by atoms with Crippen LogP contribution in [0.15, 0.2) is 6.07 Å². The number of phenolic OH excluding ortho intramolecular Hbond substituents is 1. The molecule has 0 saturated carbocycles. The van der Waals surface area contributed by atoms with Crippen LogP contribution in [0.2, 0.25) is 5.02 Å². The minimum atomic E-state index is 0.0828. The zero-order valence-corrected chi connectivity index (χ0v) is 12.7. The summed E-state index contributed by atoms with van der Waals surface area (Å²) in [6.45, 7) is 4.97. The van der Waals surface area contributed by atoms with Gasteiger partial charge < -0.3 is 24.8 Å². The van der Waals surface area contributed by atoms with Crippen molar-refractivity contribution in [1.82, 2.24) is 10.2 Å². The third-order valence-electron chi connectivity index (χ3n) is 3.57. The largest absolute Gasteiger partial charge is 0.506 e. The number of hydrogen-bond donors (Lipinski definition) is 2. The lowest BCUT2D eigenvalue weighted by molar-refractivity contribution is 0.243. The van der Waals surface area contributed by atoms with Crippen LogP contribution in [-0.2, 0) is 6.42 Å². The van der Waals surface area contributed by atoms with E-state index >= 15 is 0 Å². The van der Waals surface area contributed by atoms with Crippen molar-refractivity contribution in [3.63, 3.8) is 0 Å². The van der Waals surface area contributed by atoms with E-state index in [-0.39, 0.29) is 10.8 Å². The highest BCUT2D eigenvalue weighted by molar-refractivity contribution is 6.33. The highest BCUT2D eigenvalue weighted by atomic mass is 35.5. The van der Waals surface area contributed by atoms with E-state index in [1.54, 1.807) is 13.2 Å². The molecule has 6 heteroatoms. The first kappa shape index (κ1) is 15.2. The summed E-state index contributed by atoms with van der Waals surface area (Å²) in [6.07, 6.45) is 0.728. The number of nitrogens with one attached hydrogen (secondary N) is 1. The van der Waals surface area contributed by atoms with Crippen LogP contribution in [0.3, 0.4) is 0 Å². The van der Waals surface area contributed by atoms with E-state index in [4.69, 9.17) is 21.1 Å². The minimum absolute atomic E-state index is 0.0828. The van der Waals surface area contributed by atoms with Crippen LogP contribution in [0.4, 0.5) is 0 Å². The third kappa shape index (κ3) is 3.29. The van der Waals surface area contributed by atoms with E-state index in [0.29, 0.717) is 11.5 Å². The number of nitrogens with zero attached hydrogens (tertiary/aromatic N) is 1. The van der Waals surface area contributed by atoms with Gasteiger partial charge in [-0.3, -0.25) is 0 Å². The molecule has 20 heavy (non-hydrogen) atoms. The van der Waals surface area contributed by atoms with E-state index in [1.165, 1.54) is 7.11 Å². The van der Waals surface area contributed by atoms with Gasteiger partial charge in [-0.2, -0.15) is 0 Å². The van der Waals surface area contributed by atoms with Crippen LogP contribution in [-0.4, -0.2) is 56.9 Å². The van der Waals surface area contributed by atoms with Gasteiger partial charge in [0.25, 0.3) is 0 Å². The fraction of sp³-hybridized carbons (Fsp3) is 0.571. The van der Waals surface area contributed by atoms with Gasteiger partial charge in [0.15, 0.2) is 11.5 Å². The Morgan fingerprint density at radius 1 is 1.30 bits per heavy atom. The molecule has 0 spiro atoms. The average Bonchev–Trinajstić information content (AvgIpc) is 2.49. The summed E-state index contributed by atoms with van der Waals surface area (Å²) >= 11 is 6.13. The minimum Gasteiger partial charge on any atom is -0.506 e. The van der Waals surface area contributed by atoms with Crippen molar-refractivity contribution in [2.75, 3.05) is 46.9 Å². The SMILES string of the molecule is COc1cc(CCN2CCNCC2)c(O)c(Cl)c1OC. The van der Waals surface area contributed by atoms with Gasteiger partial charge in [0.05, 0.1) is 14.2 Å². The van der Waals surface area contributed by atoms with Crippen molar-refractivity contribution < 1.29 is 14.6 Å². The average molecular weight is 301 g/mol. The first-order chi connectivity index (χ1) is 9.67. The Hall–Kier alpha value is -1.17. The van der Waals surface area contributed by atoms with Gasteiger partial charge in [0.2, 0.25) is 0 Å². The fourth-order valence-corrected chi connectivity index (χ4v) is 2.69. The number of benzene rings is 1. The third-order valence-corrected chi connectivity index (χ3v) is 3.92. The maximum absolute atomic E-state index is 10.2. The lowest BCUT2D eigenvalue weighted by Crippen LogP contribution is -2.44. The smallest absolute Gasteiger partial charge is 0.183 e. The molecule has 0 amide bonds. The lowest BCUT2D eigenvalue weighted by Gasteiger charge is -2.27. The highest BCUT2D eigenvalue weighted by Crippen LogP contribution is 2.43. The van der Waals surface area contributed by atoms with Gasteiger partial charge in [-0.15, -0.1) is 0 Å². The van der Waals surface area contributed by atoms with E-state index < -0.39 is 0 Å². The number of piperazine rings is 1.